The number of hydrogen-bond acceptors (Lipinski definition) is 5. The Morgan fingerprint density at radius 2 is 1.78 bits per heavy atom. The van der Waals surface area contributed by atoms with Crippen LogP contribution in [0.15, 0.2) is 0 Å². The number of urea groups is 1. The largest absolute Gasteiger partial charge is 0.332 e. The molecule has 7 nitrogen and oxygen atoms in total. The molecule has 0 spiro atoms. The van der Waals surface area contributed by atoms with Crippen molar-refractivity contribution in [3.63, 3.8) is 0 Å². The highest BCUT2D eigenvalue weighted by Crippen LogP contribution is 2.29. The van der Waals surface area contributed by atoms with Gasteiger partial charge in [0.25, 0.3) is 0 Å². The van der Waals surface area contributed by atoms with E-state index in [1.807, 2.05) is 0 Å². The van der Waals surface area contributed by atoms with E-state index in [1.165, 1.54) is 4.90 Å². The molecule has 0 bridgehead atoms. The zero-order chi connectivity index (χ0) is 13.1. The van der Waals surface area contributed by atoms with Crippen LogP contribution in [-0.4, -0.2) is 68.9 Å². The maximum atomic E-state index is 11.8. The lowest BCUT2D eigenvalue weighted by atomic mass is 10.1. The van der Waals surface area contributed by atoms with Crippen LogP contribution < -0.4 is 5.32 Å². The Morgan fingerprint density at radius 3 is 2.39 bits per heavy atom. The van der Waals surface area contributed by atoms with E-state index in [0.29, 0.717) is 6.42 Å². The van der Waals surface area contributed by atoms with Crippen LogP contribution in [0, 0.1) is 0 Å². The van der Waals surface area contributed by atoms with Crippen LogP contribution in [0.1, 0.15) is 6.42 Å². The number of fused-ring (bicyclic) bond motifs is 1. The highest BCUT2D eigenvalue weighted by Gasteiger charge is 2.52. The maximum absolute atomic E-state index is 11.8. The topological polar surface area (TPSA) is 101 Å². The Balaban J connectivity index is 1.86. The van der Waals surface area contributed by atoms with Crippen LogP contribution in [0.5, 0.6) is 0 Å². The molecule has 3 aliphatic rings. The van der Waals surface area contributed by atoms with Gasteiger partial charge in [0.1, 0.15) is 0 Å². The second kappa shape index (κ2) is 3.60. The summed E-state index contributed by atoms with van der Waals surface area (Å²) in [7, 11) is -6.21. The number of hydrogen-bond donors (Lipinski definition) is 1. The summed E-state index contributed by atoms with van der Waals surface area (Å²) in [6, 6.07) is -1.49. The molecule has 3 saturated heterocycles. The summed E-state index contributed by atoms with van der Waals surface area (Å²) in [5.74, 6) is -0.0817. The van der Waals surface area contributed by atoms with Crippen molar-refractivity contribution in [3.8, 4) is 0 Å². The van der Waals surface area contributed by atoms with Gasteiger partial charge in [0.15, 0.2) is 19.7 Å². The molecule has 1 N–H and O–H groups in total. The van der Waals surface area contributed by atoms with Gasteiger partial charge in [-0.05, 0) is 6.42 Å². The van der Waals surface area contributed by atoms with Crippen molar-refractivity contribution >= 4 is 25.7 Å². The lowest BCUT2D eigenvalue weighted by molar-refractivity contribution is 0.186. The fraction of sp³-hybridized carbons (Fsp3) is 0.889. The third kappa shape index (κ3) is 1.89. The lowest BCUT2D eigenvalue weighted by Crippen LogP contribution is -2.45. The van der Waals surface area contributed by atoms with E-state index < -0.39 is 25.7 Å². The van der Waals surface area contributed by atoms with Gasteiger partial charge in [0, 0.05) is 6.04 Å². The highest BCUT2D eigenvalue weighted by molar-refractivity contribution is 7.92. The minimum Gasteiger partial charge on any atom is -0.332 e. The second-order valence-corrected chi connectivity index (χ2v) is 9.55. The smallest absolute Gasteiger partial charge is 0.318 e. The van der Waals surface area contributed by atoms with Crippen LogP contribution in [0.4, 0.5) is 4.79 Å². The van der Waals surface area contributed by atoms with Crippen molar-refractivity contribution in [2.45, 2.75) is 24.5 Å². The van der Waals surface area contributed by atoms with E-state index >= 15 is 0 Å². The van der Waals surface area contributed by atoms with Crippen molar-refractivity contribution in [2.75, 3.05) is 23.0 Å². The Hall–Kier alpha value is -0.830. The molecule has 0 radical (unpaired) electrons. The predicted octanol–water partition coefficient (Wildman–Crippen LogP) is -1.64. The number of amides is 2. The molecule has 0 aromatic rings. The lowest BCUT2D eigenvalue weighted by Gasteiger charge is -2.26. The molecule has 102 valence electrons. The predicted molar refractivity (Wildman–Crippen MR) is 63.7 cm³/mol. The summed E-state index contributed by atoms with van der Waals surface area (Å²) < 4.78 is 46.0. The number of sulfone groups is 2. The van der Waals surface area contributed by atoms with Gasteiger partial charge in [-0.25, -0.2) is 21.6 Å². The first-order valence-electron chi connectivity index (χ1n) is 5.77. The van der Waals surface area contributed by atoms with E-state index in [4.69, 9.17) is 0 Å². The van der Waals surface area contributed by atoms with E-state index in [-0.39, 0.29) is 41.1 Å². The van der Waals surface area contributed by atoms with Crippen molar-refractivity contribution in [1.29, 1.82) is 0 Å². The fourth-order valence-corrected chi connectivity index (χ4v) is 6.67. The van der Waals surface area contributed by atoms with Crippen molar-refractivity contribution in [3.05, 3.63) is 0 Å². The van der Waals surface area contributed by atoms with E-state index in [1.54, 1.807) is 0 Å². The van der Waals surface area contributed by atoms with Crippen molar-refractivity contribution < 1.29 is 21.6 Å². The average molecular weight is 294 g/mol. The van der Waals surface area contributed by atoms with Gasteiger partial charge in [0.05, 0.1) is 35.1 Å². The van der Waals surface area contributed by atoms with Gasteiger partial charge in [-0.2, -0.15) is 0 Å². The summed E-state index contributed by atoms with van der Waals surface area (Å²) in [6.07, 6.45) is 0.402. The van der Waals surface area contributed by atoms with Gasteiger partial charge in [-0.3, -0.25) is 0 Å². The molecule has 9 heteroatoms. The Morgan fingerprint density at radius 1 is 1.06 bits per heavy atom. The first-order chi connectivity index (χ1) is 8.27. The quantitative estimate of drug-likeness (QED) is 0.585. The molecule has 3 atom stereocenters. The van der Waals surface area contributed by atoms with Crippen molar-refractivity contribution in [2.24, 2.45) is 0 Å². The zero-order valence-electron chi connectivity index (χ0n) is 9.57. The molecule has 18 heavy (non-hydrogen) atoms. The molecule has 3 fully saturated rings. The molecule has 0 aromatic carbocycles. The molecule has 0 aromatic heterocycles. The third-order valence-corrected chi connectivity index (χ3v) is 7.29. The van der Waals surface area contributed by atoms with Crippen molar-refractivity contribution in [1.82, 2.24) is 10.2 Å². The Kier molecular flexibility index (Phi) is 2.44. The number of carbonyl (C=O) groups excluding carboxylic acids is 1. The molecule has 2 amide bonds. The van der Waals surface area contributed by atoms with Crippen LogP contribution in [-0.2, 0) is 19.7 Å². The normalized spacial score (nSPS) is 40.8. The standard InChI is InChI=1S/C9H14N2O5S2/c12-9-10-7-4-18(15,16)5-8(7)11(9)6-1-2-17(13,14)3-6/h6-8H,1-5H2,(H,10,12)/t6-,7+,8-/m1/s1. The SMILES string of the molecule is O=C1N[C@H]2CS(=O)(=O)C[C@H]2N1[C@@H]1CCS(=O)(=O)C1. The highest BCUT2D eigenvalue weighted by atomic mass is 32.2. The second-order valence-electron chi connectivity index (χ2n) is 5.16. The molecule has 0 saturated carbocycles. The summed E-state index contributed by atoms with van der Waals surface area (Å²) in [4.78, 5) is 13.3. The van der Waals surface area contributed by atoms with Gasteiger partial charge in [0.2, 0.25) is 0 Å². The Labute approximate surface area is 105 Å². The monoisotopic (exact) mass is 294 g/mol. The van der Waals surface area contributed by atoms with Gasteiger partial charge in [-0.1, -0.05) is 0 Å². The Bertz CT molecular complexity index is 596. The molecule has 3 heterocycles. The average Bonchev–Trinajstić information content (AvgIpc) is 2.75. The molecular weight excluding hydrogens is 280 g/mol. The number of carbonyl (C=O) groups is 1. The van der Waals surface area contributed by atoms with Crippen LogP contribution in [0.2, 0.25) is 0 Å². The maximum Gasteiger partial charge on any atom is 0.318 e. The molecule has 3 aliphatic heterocycles. The first kappa shape index (κ1) is 12.2. The van der Waals surface area contributed by atoms with Crippen LogP contribution in [0.25, 0.3) is 0 Å². The van der Waals surface area contributed by atoms with E-state index in [0.717, 1.165) is 0 Å². The summed E-state index contributed by atoms with van der Waals surface area (Å²) in [6.45, 7) is 0. The third-order valence-electron chi connectivity index (χ3n) is 3.83. The summed E-state index contributed by atoms with van der Waals surface area (Å²) >= 11 is 0. The summed E-state index contributed by atoms with van der Waals surface area (Å²) in [5, 5.41) is 2.64. The minimum atomic E-state index is -3.13. The van der Waals surface area contributed by atoms with E-state index in [9.17, 15) is 21.6 Å². The fourth-order valence-electron chi connectivity index (χ4n) is 3.06. The summed E-state index contributed by atoms with van der Waals surface area (Å²) in [5.41, 5.74) is 0. The minimum absolute atomic E-state index is 0.0423. The molecule has 0 unspecified atom stereocenters. The van der Waals surface area contributed by atoms with Gasteiger partial charge >= 0.3 is 6.03 Å². The number of rotatable bonds is 1. The molecular formula is C9H14N2O5S2. The molecule has 0 aliphatic carbocycles. The molecule has 3 rings (SSSR count). The zero-order valence-corrected chi connectivity index (χ0v) is 11.2. The first-order valence-corrected chi connectivity index (χ1v) is 9.41. The van der Waals surface area contributed by atoms with Gasteiger partial charge in [-0.15, -0.1) is 0 Å². The number of nitrogens with zero attached hydrogens (tertiary/aromatic N) is 1. The van der Waals surface area contributed by atoms with E-state index in [2.05, 4.69) is 5.32 Å². The van der Waals surface area contributed by atoms with Crippen LogP contribution in [0.3, 0.4) is 0 Å². The number of nitrogens with one attached hydrogen (secondary N) is 1. The van der Waals surface area contributed by atoms with Crippen LogP contribution >= 0.6 is 0 Å². The van der Waals surface area contributed by atoms with Gasteiger partial charge < -0.3 is 10.2 Å².